The van der Waals surface area contributed by atoms with Gasteiger partial charge in [0.05, 0.1) is 19.3 Å². The molecular weight excluding hydrogens is 961 g/mol. The average molecular weight is 1030 g/mol. The number of amides is 6. The van der Waals surface area contributed by atoms with Crippen molar-refractivity contribution >= 4 is 52.5 Å². The summed E-state index contributed by atoms with van der Waals surface area (Å²) in [6.45, 7) is 1.39. The van der Waals surface area contributed by atoms with Gasteiger partial charge in [-0.25, -0.2) is 0 Å². The molecule has 0 spiro atoms. The lowest BCUT2D eigenvalue weighted by atomic mass is 9.85. The van der Waals surface area contributed by atoms with E-state index in [2.05, 4.69) is 46.9 Å². The molecule has 398 valence electrons. The standard InChI is InChI=1S/C58H70N12O6/c59-28-4-1-7-49(68-52(71)37-40-22-31-62-32-23-40)56(74)65-46-16-10-43(11-17-46)55(44-12-18-47(19-13-44)66-57(75)50(8-2-5-29-60)69-53(72)38-41-24-33-63-34-25-41)45-14-20-48(21-15-45)67-58(76)51(9-3-6-30-61)70-54(73)39-42-26-35-64-36-27-42/h10-27,31-36,49-51,55H,1-9,28-30,37-39,59-61H2,(H,65,74)(H,66,75)(H,67,76)(H,68,71)(H,69,72)(H,70,73)/t49-,50-,51-/m0/s1. The lowest BCUT2D eigenvalue weighted by molar-refractivity contribution is -0.126. The number of unbranched alkanes of at least 4 members (excludes halogenated alkanes) is 3. The molecule has 6 rings (SSSR count). The van der Waals surface area contributed by atoms with Crippen LogP contribution in [-0.4, -0.2) is 88.2 Å². The Kier molecular flexibility index (Phi) is 23.2. The van der Waals surface area contributed by atoms with Crippen LogP contribution < -0.4 is 49.1 Å². The summed E-state index contributed by atoms with van der Waals surface area (Å²) in [5, 5.41) is 17.7. The topological polar surface area (TPSA) is 291 Å². The Morgan fingerprint density at radius 1 is 0.355 bits per heavy atom. The van der Waals surface area contributed by atoms with Crippen molar-refractivity contribution in [2.45, 2.75) is 101 Å². The smallest absolute Gasteiger partial charge is 0.246 e. The Morgan fingerprint density at radius 2 is 0.605 bits per heavy atom. The van der Waals surface area contributed by atoms with E-state index in [0.29, 0.717) is 94.5 Å². The van der Waals surface area contributed by atoms with Gasteiger partial charge in [-0.15, -0.1) is 0 Å². The molecule has 0 aliphatic carbocycles. The van der Waals surface area contributed by atoms with E-state index in [4.69, 9.17) is 17.2 Å². The van der Waals surface area contributed by atoms with Crippen LogP contribution in [0.2, 0.25) is 0 Å². The van der Waals surface area contributed by atoms with Gasteiger partial charge in [0, 0.05) is 60.2 Å². The lowest BCUT2D eigenvalue weighted by Crippen LogP contribution is -2.44. The monoisotopic (exact) mass is 1030 g/mol. The third-order valence-corrected chi connectivity index (χ3v) is 12.7. The molecule has 3 heterocycles. The fraction of sp³-hybridized carbons (Fsp3) is 0.328. The van der Waals surface area contributed by atoms with Crippen molar-refractivity contribution in [1.82, 2.24) is 30.9 Å². The number of carbonyl (C=O) groups excluding carboxylic acids is 6. The van der Waals surface area contributed by atoms with E-state index < -0.39 is 18.1 Å². The first kappa shape index (κ1) is 57.1. The fourth-order valence-corrected chi connectivity index (χ4v) is 8.62. The van der Waals surface area contributed by atoms with Gasteiger partial charge in [0.1, 0.15) is 18.1 Å². The average Bonchev–Trinajstić information content (AvgIpc) is 3.42. The molecule has 0 bridgehead atoms. The summed E-state index contributed by atoms with van der Waals surface area (Å²) in [5.74, 6) is -2.30. The zero-order chi connectivity index (χ0) is 53.9. The lowest BCUT2D eigenvalue weighted by Gasteiger charge is -2.22. The number of aromatic nitrogens is 3. The second-order valence-corrected chi connectivity index (χ2v) is 18.6. The molecule has 18 heteroatoms. The van der Waals surface area contributed by atoms with Gasteiger partial charge in [-0.1, -0.05) is 36.4 Å². The minimum atomic E-state index is -0.791. The molecule has 3 aromatic carbocycles. The predicted octanol–water partition coefficient (Wildman–Crippen LogP) is 5.44. The third kappa shape index (κ3) is 18.9. The number of hydrogen-bond donors (Lipinski definition) is 9. The summed E-state index contributed by atoms with van der Waals surface area (Å²) >= 11 is 0. The van der Waals surface area contributed by atoms with E-state index in [1.807, 2.05) is 36.4 Å². The minimum absolute atomic E-state index is 0.100. The first-order valence-corrected chi connectivity index (χ1v) is 25.9. The maximum atomic E-state index is 13.8. The number of anilines is 3. The molecule has 76 heavy (non-hydrogen) atoms. The zero-order valence-corrected chi connectivity index (χ0v) is 42.8. The van der Waals surface area contributed by atoms with Gasteiger partial charge in [0.2, 0.25) is 35.4 Å². The number of carbonyl (C=O) groups is 6. The fourth-order valence-electron chi connectivity index (χ4n) is 8.62. The van der Waals surface area contributed by atoms with E-state index >= 15 is 0 Å². The van der Waals surface area contributed by atoms with Gasteiger partial charge >= 0.3 is 0 Å². The summed E-state index contributed by atoms with van der Waals surface area (Å²) in [5.41, 5.74) is 23.8. The summed E-state index contributed by atoms with van der Waals surface area (Å²) in [4.78, 5) is 92.5. The molecule has 0 aliphatic rings. The second-order valence-electron chi connectivity index (χ2n) is 18.6. The molecule has 18 nitrogen and oxygen atoms in total. The van der Waals surface area contributed by atoms with Crippen LogP contribution in [0.15, 0.2) is 146 Å². The molecule has 3 aromatic heterocycles. The Bertz CT molecular complexity index is 2450. The molecule has 0 aliphatic heterocycles. The number of hydrogen-bond acceptors (Lipinski definition) is 12. The highest BCUT2D eigenvalue weighted by atomic mass is 16.2. The quantitative estimate of drug-likeness (QED) is 0.0202. The van der Waals surface area contributed by atoms with E-state index in [1.54, 1.807) is 110 Å². The first-order chi connectivity index (χ1) is 37.0. The molecule has 0 saturated heterocycles. The SMILES string of the molecule is NCCCC[C@H](NC(=O)Cc1ccncc1)C(=O)Nc1ccc(C(c2ccc(NC(=O)[C@H](CCCCN)NC(=O)Cc3ccncc3)cc2)c2ccc(NC(=O)[C@H](CCCCN)NC(=O)Cc3ccncc3)cc2)cc1. The second kappa shape index (κ2) is 30.9. The van der Waals surface area contributed by atoms with Crippen LogP contribution in [0.5, 0.6) is 0 Å². The summed E-state index contributed by atoms with van der Waals surface area (Å²) in [6.07, 6.45) is 15.2. The van der Waals surface area contributed by atoms with Gasteiger partial charge in [0.25, 0.3) is 0 Å². The number of benzene rings is 3. The van der Waals surface area contributed by atoms with Crippen molar-refractivity contribution in [3.63, 3.8) is 0 Å². The number of rotatable bonds is 30. The van der Waals surface area contributed by atoms with Crippen LogP contribution in [0.3, 0.4) is 0 Å². The predicted molar refractivity (Wildman–Crippen MR) is 294 cm³/mol. The van der Waals surface area contributed by atoms with Gasteiger partial charge in [-0.3, -0.25) is 43.7 Å². The van der Waals surface area contributed by atoms with Crippen LogP contribution in [0.1, 0.15) is 97.1 Å². The van der Waals surface area contributed by atoms with Gasteiger partial charge in [-0.2, -0.15) is 0 Å². The molecule has 3 atom stereocenters. The van der Waals surface area contributed by atoms with Crippen LogP contribution in [0.25, 0.3) is 0 Å². The van der Waals surface area contributed by atoms with E-state index in [-0.39, 0.29) is 60.6 Å². The van der Waals surface area contributed by atoms with Crippen molar-refractivity contribution < 1.29 is 28.8 Å². The van der Waals surface area contributed by atoms with Gasteiger partial charge < -0.3 is 49.1 Å². The van der Waals surface area contributed by atoms with E-state index in [0.717, 1.165) is 33.4 Å². The van der Waals surface area contributed by atoms with Gasteiger partial charge in [-0.05, 0) is 184 Å². The molecule has 6 amide bonds. The molecule has 0 unspecified atom stereocenters. The number of pyridine rings is 3. The summed E-state index contributed by atoms with van der Waals surface area (Å²) < 4.78 is 0. The van der Waals surface area contributed by atoms with Crippen LogP contribution in [-0.2, 0) is 48.0 Å². The van der Waals surface area contributed by atoms with Crippen molar-refractivity contribution in [2.75, 3.05) is 35.6 Å². The number of nitrogens with zero attached hydrogens (tertiary/aromatic N) is 3. The van der Waals surface area contributed by atoms with Crippen molar-refractivity contribution in [3.8, 4) is 0 Å². The zero-order valence-electron chi connectivity index (χ0n) is 42.8. The Morgan fingerprint density at radius 3 is 0.842 bits per heavy atom. The van der Waals surface area contributed by atoms with Crippen LogP contribution in [0, 0.1) is 0 Å². The van der Waals surface area contributed by atoms with E-state index in [1.165, 1.54) is 0 Å². The molecule has 0 radical (unpaired) electrons. The summed E-state index contributed by atoms with van der Waals surface area (Å²) in [6, 6.07) is 30.5. The highest BCUT2D eigenvalue weighted by Gasteiger charge is 2.25. The first-order valence-electron chi connectivity index (χ1n) is 25.9. The highest BCUT2D eigenvalue weighted by molar-refractivity contribution is 5.99. The Balaban J connectivity index is 1.22. The number of nitrogens with two attached hydrogens (primary N) is 3. The van der Waals surface area contributed by atoms with E-state index in [9.17, 15) is 28.8 Å². The maximum Gasteiger partial charge on any atom is 0.246 e. The highest BCUT2D eigenvalue weighted by Crippen LogP contribution is 2.34. The summed E-state index contributed by atoms with van der Waals surface area (Å²) in [7, 11) is 0. The molecular formula is C58H70N12O6. The Hall–Kier alpha value is -8.19. The van der Waals surface area contributed by atoms with Crippen LogP contribution >= 0.6 is 0 Å². The molecule has 12 N–H and O–H groups in total. The molecule has 0 saturated carbocycles. The van der Waals surface area contributed by atoms with Crippen molar-refractivity contribution in [3.05, 3.63) is 180 Å². The largest absolute Gasteiger partial charge is 0.344 e. The van der Waals surface area contributed by atoms with Crippen molar-refractivity contribution in [2.24, 2.45) is 17.2 Å². The molecule has 0 fully saturated rings. The maximum absolute atomic E-state index is 13.8. The van der Waals surface area contributed by atoms with Crippen LogP contribution in [0.4, 0.5) is 17.1 Å². The molecule has 6 aromatic rings. The Labute approximate surface area is 444 Å². The third-order valence-electron chi connectivity index (χ3n) is 12.7. The number of nitrogens with one attached hydrogen (secondary N) is 6. The van der Waals surface area contributed by atoms with Gasteiger partial charge in [0.15, 0.2) is 0 Å². The van der Waals surface area contributed by atoms with Crippen molar-refractivity contribution in [1.29, 1.82) is 0 Å². The minimum Gasteiger partial charge on any atom is -0.344 e. The normalized spacial score (nSPS) is 12.2.